The highest BCUT2D eigenvalue weighted by atomic mass is 35.5. The molecule has 152 valence electrons. The van der Waals surface area contributed by atoms with Gasteiger partial charge >= 0.3 is 5.97 Å². The van der Waals surface area contributed by atoms with Crippen LogP contribution in [0.4, 0.5) is 0 Å². The van der Waals surface area contributed by atoms with Crippen LogP contribution in [0.3, 0.4) is 0 Å². The Morgan fingerprint density at radius 3 is 2.55 bits per heavy atom. The third kappa shape index (κ3) is 3.81. The highest BCUT2D eigenvalue weighted by Crippen LogP contribution is 2.39. The van der Waals surface area contributed by atoms with E-state index in [9.17, 15) is 14.4 Å². The molecule has 3 atom stereocenters. The molecule has 0 bridgehead atoms. The van der Waals surface area contributed by atoms with E-state index < -0.39 is 12.0 Å². The summed E-state index contributed by atoms with van der Waals surface area (Å²) in [5.41, 5.74) is 1.42. The van der Waals surface area contributed by atoms with Crippen LogP contribution >= 0.6 is 22.9 Å². The Bertz CT molecular complexity index is 936. The van der Waals surface area contributed by atoms with Crippen LogP contribution in [0.1, 0.15) is 38.3 Å². The first-order valence-corrected chi connectivity index (χ1v) is 11.0. The molecule has 1 aromatic heterocycles. The number of imide groups is 1. The van der Waals surface area contributed by atoms with Gasteiger partial charge in [0.05, 0.1) is 22.6 Å². The molecule has 2 amide bonds. The molecule has 3 unspecified atom stereocenters. The van der Waals surface area contributed by atoms with Gasteiger partial charge in [0.1, 0.15) is 17.7 Å². The molecule has 1 aromatic carbocycles. The summed E-state index contributed by atoms with van der Waals surface area (Å²) in [5.74, 6) is -1.62. The van der Waals surface area contributed by atoms with Crippen molar-refractivity contribution < 1.29 is 19.1 Å². The number of likely N-dealkylation sites (tertiary alicyclic amines) is 1. The standard InChI is InChI=1S/C21H21ClN2O4S/c1-12(24-19(25)14-6-2-3-7-15(14)20(24)26)21(27)28-10-13-11-29-18(23-13)16-8-4-5-9-17(16)22/h4-5,8-9,11-12,14-15H,2-3,6-7,10H2,1H3. The smallest absolute Gasteiger partial charge is 0.329 e. The number of carbonyl (C=O) groups excluding carboxylic acids is 3. The topological polar surface area (TPSA) is 76.6 Å². The summed E-state index contributed by atoms with van der Waals surface area (Å²) in [6.07, 6.45) is 3.34. The fourth-order valence-electron chi connectivity index (χ4n) is 4.07. The third-order valence-electron chi connectivity index (χ3n) is 5.62. The van der Waals surface area contributed by atoms with Crippen molar-refractivity contribution in [2.45, 2.75) is 45.3 Å². The van der Waals surface area contributed by atoms with E-state index >= 15 is 0 Å². The number of carbonyl (C=O) groups is 3. The number of aromatic nitrogens is 1. The monoisotopic (exact) mass is 432 g/mol. The Balaban J connectivity index is 1.39. The Hall–Kier alpha value is -2.25. The molecule has 0 spiro atoms. The quantitative estimate of drug-likeness (QED) is 0.525. The second-order valence-electron chi connectivity index (χ2n) is 7.45. The Morgan fingerprint density at radius 2 is 1.90 bits per heavy atom. The van der Waals surface area contributed by atoms with Gasteiger partial charge in [-0.2, -0.15) is 0 Å². The minimum Gasteiger partial charge on any atom is -0.458 e. The number of rotatable bonds is 5. The second kappa shape index (κ2) is 8.24. The maximum atomic E-state index is 12.6. The van der Waals surface area contributed by atoms with E-state index in [2.05, 4.69) is 4.98 Å². The predicted octanol–water partition coefficient (Wildman–Crippen LogP) is 4.07. The maximum Gasteiger partial charge on any atom is 0.329 e. The summed E-state index contributed by atoms with van der Waals surface area (Å²) in [4.78, 5) is 43.4. The highest BCUT2D eigenvalue weighted by Gasteiger charge is 2.51. The summed E-state index contributed by atoms with van der Waals surface area (Å²) in [5, 5.41) is 3.15. The van der Waals surface area contributed by atoms with Crippen LogP contribution in [0.15, 0.2) is 29.6 Å². The van der Waals surface area contributed by atoms with Crippen molar-refractivity contribution in [2.75, 3.05) is 0 Å². The molecule has 1 saturated heterocycles. The second-order valence-corrected chi connectivity index (χ2v) is 8.72. The van der Waals surface area contributed by atoms with Gasteiger partial charge in [0, 0.05) is 10.9 Å². The van der Waals surface area contributed by atoms with Crippen LogP contribution in [0.5, 0.6) is 0 Å². The Kier molecular flexibility index (Phi) is 5.69. The van der Waals surface area contributed by atoms with Gasteiger partial charge in [0.25, 0.3) is 0 Å². The first-order valence-electron chi connectivity index (χ1n) is 9.70. The number of esters is 1. The van der Waals surface area contributed by atoms with Gasteiger partial charge in [-0.25, -0.2) is 9.78 Å². The van der Waals surface area contributed by atoms with Crippen LogP contribution < -0.4 is 0 Å². The number of benzene rings is 1. The molecule has 6 nitrogen and oxygen atoms in total. The molecular formula is C21H21ClN2O4S. The number of nitrogens with zero attached hydrogens (tertiary/aromatic N) is 2. The molecule has 2 heterocycles. The van der Waals surface area contributed by atoms with Crippen LogP contribution in [0.2, 0.25) is 5.02 Å². The first kappa shape index (κ1) is 20.0. The van der Waals surface area contributed by atoms with Gasteiger partial charge in [-0.05, 0) is 25.8 Å². The third-order valence-corrected chi connectivity index (χ3v) is 6.88. The van der Waals surface area contributed by atoms with Gasteiger partial charge < -0.3 is 4.74 Å². The SMILES string of the molecule is CC(C(=O)OCc1csc(-c2ccccc2Cl)n1)N1C(=O)C2CCCCC2C1=O. The number of fused-ring (bicyclic) bond motifs is 1. The van der Waals surface area contributed by atoms with E-state index in [0.29, 0.717) is 10.7 Å². The van der Waals surface area contributed by atoms with Crippen molar-refractivity contribution in [3.63, 3.8) is 0 Å². The number of hydrogen-bond acceptors (Lipinski definition) is 6. The summed E-state index contributed by atoms with van der Waals surface area (Å²) in [6.45, 7) is 1.53. The van der Waals surface area contributed by atoms with Gasteiger partial charge in [0.2, 0.25) is 11.8 Å². The molecule has 4 rings (SSSR count). The normalized spacial score (nSPS) is 22.5. The van der Waals surface area contributed by atoms with Gasteiger partial charge in [0.15, 0.2) is 0 Å². The minimum atomic E-state index is -0.928. The summed E-state index contributed by atoms with van der Waals surface area (Å²) in [6, 6.07) is 6.47. The lowest BCUT2D eigenvalue weighted by Gasteiger charge is -2.21. The Morgan fingerprint density at radius 1 is 1.24 bits per heavy atom. The number of ether oxygens (including phenoxy) is 1. The molecule has 2 aromatic rings. The van der Waals surface area contributed by atoms with Gasteiger partial charge in [-0.3, -0.25) is 14.5 Å². The van der Waals surface area contributed by atoms with E-state index in [-0.39, 0.29) is 30.3 Å². The summed E-state index contributed by atoms with van der Waals surface area (Å²) in [7, 11) is 0. The average molecular weight is 433 g/mol. The number of thiazole rings is 1. The van der Waals surface area contributed by atoms with Crippen molar-refractivity contribution >= 4 is 40.7 Å². The fraction of sp³-hybridized carbons (Fsp3) is 0.429. The van der Waals surface area contributed by atoms with Crippen molar-refractivity contribution in [2.24, 2.45) is 11.8 Å². The van der Waals surface area contributed by atoms with Crippen molar-refractivity contribution in [3.8, 4) is 10.6 Å². The predicted molar refractivity (Wildman–Crippen MR) is 109 cm³/mol. The number of amides is 2. The van der Waals surface area contributed by atoms with Crippen molar-refractivity contribution in [3.05, 3.63) is 40.4 Å². The zero-order valence-electron chi connectivity index (χ0n) is 16.0. The molecular weight excluding hydrogens is 412 g/mol. The molecule has 1 aliphatic carbocycles. The average Bonchev–Trinajstić information content (AvgIpc) is 3.29. The van der Waals surface area contributed by atoms with Gasteiger partial charge in [-0.1, -0.05) is 42.6 Å². The lowest BCUT2D eigenvalue weighted by atomic mass is 9.81. The first-order chi connectivity index (χ1) is 14.0. The van der Waals surface area contributed by atoms with E-state index in [0.717, 1.165) is 41.2 Å². The molecule has 0 N–H and O–H groups in total. The molecule has 8 heteroatoms. The zero-order valence-corrected chi connectivity index (χ0v) is 17.5. The lowest BCUT2D eigenvalue weighted by molar-refractivity contribution is -0.159. The number of halogens is 1. The zero-order chi connectivity index (χ0) is 20.5. The summed E-state index contributed by atoms with van der Waals surface area (Å²) >= 11 is 7.61. The van der Waals surface area contributed by atoms with E-state index in [1.165, 1.54) is 11.3 Å². The Labute approximate surface area is 177 Å². The summed E-state index contributed by atoms with van der Waals surface area (Å²) < 4.78 is 5.36. The minimum absolute atomic E-state index is 0.0206. The van der Waals surface area contributed by atoms with E-state index in [1.807, 2.05) is 18.2 Å². The lowest BCUT2D eigenvalue weighted by Crippen LogP contribution is -2.44. The number of hydrogen-bond donors (Lipinski definition) is 0. The van der Waals surface area contributed by atoms with Crippen LogP contribution in [0.25, 0.3) is 10.6 Å². The maximum absolute atomic E-state index is 12.6. The van der Waals surface area contributed by atoms with Crippen molar-refractivity contribution in [1.82, 2.24) is 9.88 Å². The fourth-order valence-corrected chi connectivity index (χ4v) is 5.20. The largest absolute Gasteiger partial charge is 0.458 e. The molecule has 1 aliphatic heterocycles. The van der Waals surface area contributed by atoms with Crippen LogP contribution in [0, 0.1) is 11.8 Å². The molecule has 2 aliphatic rings. The van der Waals surface area contributed by atoms with E-state index in [1.54, 1.807) is 18.4 Å². The molecule has 2 fully saturated rings. The molecule has 0 radical (unpaired) electrons. The van der Waals surface area contributed by atoms with Gasteiger partial charge in [-0.15, -0.1) is 11.3 Å². The van der Waals surface area contributed by atoms with Crippen LogP contribution in [-0.4, -0.2) is 33.7 Å². The molecule has 29 heavy (non-hydrogen) atoms. The van der Waals surface area contributed by atoms with Crippen molar-refractivity contribution in [1.29, 1.82) is 0 Å². The molecule has 1 saturated carbocycles. The van der Waals surface area contributed by atoms with Crippen LogP contribution in [-0.2, 0) is 25.7 Å². The van der Waals surface area contributed by atoms with E-state index in [4.69, 9.17) is 16.3 Å². The highest BCUT2D eigenvalue weighted by molar-refractivity contribution is 7.13.